The van der Waals surface area contributed by atoms with Gasteiger partial charge in [0.15, 0.2) is 18.1 Å². The van der Waals surface area contributed by atoms with E-state index in [0.717, 1.165) is 22.9 Å². The Bertz CT molecular complexity index is 945. The Morgan fingerprint density at radius 3 is 2.61 bits per heavy atom. The Morgan fingerprint density at radius 2 is 2.00 bits per heavy atom. The molecule has 2 aliphatic heterocycles. The first-order valence-electron chi connectivity index (χ1n) is 7.95. The van der Waals surface area contributed by atoms with Crippen molar-refractivity contribution in [2.75, 3.05) is 18.6 Å². The van der Waals surface area contributed by atoms with Gasteiger partial charge in [0, 0.05) is 0 Å². The predicted octanol–water partition coefficient (Wildman–Crippen LogP) is -0.262. The molecule has 1 aromatic rings. The fraction of sp³-hybridized carbons (Fsp3) is 0.312. The van der Waals surface area contributed by atoms with Gasteiger partial charge < -0.3 is 19.3 Å². The Morgan fingerprint density at radius 1 is 1.32 bits per heavy atom. The second kappa shape index (κ2) is 7.72. The molecule has 0 saturated carbocycles. The number of hydrogen-bond donors (Lipinski definition) is 2. The van der Waals surface area contributed by atoms with E-state index >= 15 is 0 Å². The molecule has 28 heavy (non-hydrogen) atoms. The molecule has 1 saturated heterocycles. The van der Waals surface area contributed by atoms with Gasteiger partial charge in [0.05, 0.1) is 12.0 Å². The van der Waals surface area contributed by atoms with Crippen molar-refractivity contribution < 1.29 is 36.8 Å². The standard InChI is InChI=1S/C16H16N2O8S2/c1-28(23,24)26-10-8-27-15-12(14(20)18(15)13(10)16(21)22)17-11(19)7-25-9-5-3-2-4-6-9/h2-6,12,15H,7-8H2,1H3,(H,17,19)(H,21,22)/t12-,15+/m1/s1. The summed E-state index contributed by atoms with van der Waals surface area (Å²) in [4.78, 5) is 36.9. The number of nitrogens with one attached hydrogen (secondary N) is 1. The van der Waals surface area contributed by atoms with Gasteiger partial charge >= 0.3 is 16.1 Å². The van der Waals surface area contributed by atoms with E-state index in [-0.39, 0.29) is 18.1 Å². The van der Waals surface area contributed by atoms with Gasteiger partial charge in [0.2, 0.25) is 0 Å². The number of para-hydroxylation sites is 1. The van der Waals surface area contributed by atoms with E-state index in [1.807, 2.05) is 0 Å². The number of nitrogens with zero attached hydrogens (tertiary/aromatic N) is 1. The second-order valence-electron chi connectivity index (χ2n) is 5.92. The van der Waals surface area contributed by atoms with Crippen molar-refractivity contribution in [3.05, 3.63) is 41.8 Å². The number of ether oxygens (including phenoxy) is 1. The number of fused-ring (bicyclic) bond motifs is 1. The number of carbonyl (C=O) groups excluding carboxylic acids is 2. The monoisotopic (exact) mass is 428 g/mol. The van der Waals surface area contributed by atoms with Crippen molar-refractivity contribution in [2.45, 2.75) is 11.4 Å². The molecule has 0 aromatic heterocycles. The molecule has 150 valence electrons. The first-order valence-corrected chi connectivity index (χ1v) is 10.8. The number of aliphatic carboxylic acids is 1. The molecule has 2 heterocycles. The molecule has 1 fully saturated rings. The van der Waals surface area contributed by atoms with Crippen molar-refractivity contribution in [3.63, 3.8) is 0 Å². The minimum atomic E-state index is -3.95. The summed E-state index contributed by atoms with van der Waals surface area (Å²) in [5.74, 6) is -2.62. The summed E-state index contributed by atoms with van der Waals surface area (Å²) in [6.45, 7) is -0.310. The maximum absolute atomic E-state index is 12.4. The normalized spacial score (nSPS) is 21.5. The van der Waals surface area contributed by atoms with E-state index in [9.17, 15) is 27.9 Å². The minimum absolute atomic E-state index is 0.0734. The van der Waals surface area contributed by atoms with Crippen LogP contribution in [-0.4, -0.2) is 66.2 Å². The van der Waals surface area contributed by atoms with Crippen molar-refractivity contribution in [1.29, 1.82) is 0 Å². The maximum Gasteiger partial charge on any atom is 0.356 e. The Kier molecular flexibility index (Phi) is 5.52. The van der Waals surface area contributed by atoms with E-state index < -0.39 is 45.0 Å². The van der Waals surface area contributed by atoms with Gasteiger partial charge in [0.1, 0.15) is 17.2 Å². The maximum atomic E-state index is 12.4. The van der Waals surface area contributed by atoms with E-state index in [1.165, 1.54) is 0 Å². The quantitative estimate of drug-likeness (QED) is 0.444. The van der Waals surface area contributed by atoms with Crippen LogP contribution in [0.2, 0.25) is 0 Å². The Labute approximate surface area is 164 Å². The molecule has 2 atom stereocenters. The number of β-lactam (4-membered cyclic amide) rings is 1. The van der Waals surface area contributed by atoms with Crippen LogP contribution >= 0.6 is 11.8 Å². The van der Waals surface area contributed by atoms with Gasteiger partial charge in [-0.3, -0.25) is 14.5 Å². The van der Waals surface area contributed by atoms with Gasteiger partial charge in [-0.2, -0.15) is 8.42 Å². The lowest BCUT2D eigenvalue weighted by molar-refractivity contribution is -0.151. The van der Waals surface area contributed by atoms with E-state index in [0.29, 0.717) is 5.75 Å². The first-order chi connectivity index (χ1) is 13.2. The molecule has 2 aliphatic rings. The van der Waals surface area contributed by atoms with Crippen molar-refractivity contribution in [3.8, 4) is 5.75 Å². The Hall–Kier alpha value is -2.73. The molecule has 0 aliphatic carbocycles. The summed E-state index contributed by atoms with van der Waals surface area (Å²) in [7, 11) is -3.95. The van der Waals surface area contributed by atoms with Crippen LogP contribution in [0, 0.1) is 0 Å². The topological polar surface area (TPSA) is 139 Å². The van der Waals surface area contributed by atoms with Gasteiger partial charge in [-0.25, -0.2) is 4.79 Å². The lowest BCUT2D eigenvalue weighted by atomic mass is 10.0. The molecule has 1 aromatic carbocycles. The van der Waals surface area contributed by atoms with E-state index in [4.69, 9.17) is 8.92 Å². The fourth-order valence-corrected chi connectivity index (χ4v) is 4.55. The summed E-state index contributed by atoms with van der Waals surface area (Å²) in [6, 6.07) is 7.70. The molecule has 10 nitrogen and oxygen atoms in total. The van der Waals surface area contributed by atoms with Crippen molar-refractivity contribution >= 4 is 39.7 Å². The number of carboxylic acids is 1. The number of amides is 2. The minimum Gasteiger partial charge on any atom is -0.484 e. The summed E-state index contributed by atoms with van der Waals surface area (Å²) >= 11 is 1.09. The van der Waals surface area contributed by atoms with E-state index in [2.05, 4.69) is 5.32 Å². The number of carboxylic acid groups (broad SMARTS) is 1. The fourth-order valence-electron chi connectivity index (χ4n) is 2.72. The van der Waals surface area contributed by atoms with Crippen LogP contribution in [0.4, 0.5) is 0 Å². The first kappa shape index (κ1) is 20.0. The molecule has 0 bridgehead atoms. The average molecular weight is 428 g/mol. The molecule has 12 heteroatoms. The number of hydrogen-bond acceptors (Lipinski definition) is 8. The van der Waals surface area contributed by atoms with Crippen LogP contribution in [0.3, 0.4) is 0 Å². The third kappa shape index (κ3) is 4.22. The predicted molar refractivity (Wildman–Crippen MR) is 97.6 cm³/mol. The summed E-state index contributed by atoms with van der Waals surface area (Å²) in [5, 5.41) is 11.2. The van der Waals surface area contributed by atoms with Crippen LogP contribution in [-0.2, 0) is 28.7 Å². The highest BCUT2D eigenvalue weighted by Crippen LogP contribution is 2.40. The molecule has 0 radical (unpaired) electrons. The van der Waals surface area contributed by atoms with Crippen LogP contribution in [0.5, 0.6) is 5.75 Å². The average Bonchev–Trinajstić information content (AvgIpc) is 2.63. The zero-order valence-electron chi connectivity index (χ0n) is 14.5. The number of rotatable bonds is 7. The van der Waals surface area contributed by atoms with Crippen molar-refractivity contribution in [2.24, 2.45) is 0 Å². The van der Waals surface area contributed by atoms with E-state index in [1.54, 1.807) is 30.3 Å². The van der Waals surface area contributed by atoms with Gasteiger partial charge in [-0.1, -0.05) is 18.2 Å². The SMILES string of the molecule is CS(=O)(=O)OC1=C(C(=O)O)N2C(=O)[C@@H](NC(=O)COc3ccccc3)[C@@H]2SC1. The Balaban J connectivity index is 1.66. The third-order valence-corrected chi connectivity index (χ3v) is 5.57. The molecule has 0 spiro atoms. The van der Waals surface area contributed by atoms with Crippen LogP contribution < -0.4 is 10.1 Å². The molecular formula is C16H16N2O8S2. The third-order valence-electron chi connectivity index (χ3n) is 3.82. The van der Waals surface area contributed by atoms with Crippen LogP contribution in [0.25, 0.3) is 0 Å². The summed E-state index contributed by atoms with van der Waals surface area (Å²) < 4.78 is 32.7. The van der Waals surface area contributed by atoms with Crippen molar-refractivity contribution in [1.82, 2.24) is 10.2 Å². The summed E-state index contributed by atoms with van der Waals surface area (Å²) in [6.07, 6.45) is 0.782. The lowest BCUT2D eigenvalue weighted by Crippen LogP contribution is -2.70. The summed E-state index contributed by atoms with van der Waals surface area (Å²) in [5.41, 5.74) is -0.537. The highest BCUT2D eigenvalue weighted by atomic mass is 32.2. The number of thioether (sulfide) groups is 1. The number of benzene rings is 1. The highest BCUT2D eigenvalue weighted by Gasteiger charge is 2.55. The molecule has 2 amide bonds. The molecule has 0 unspecified atom stereocenters. The second-order valence-corrected chi connectivity index (χ2v) is 8.60. The number of carbonyl (C=O) groups is 3. The van der Waals surface area contributed by atoms with Gasteiger partial charge in [-0.15, -0.1) is 11.8 Å². The molecule has 2 N–H and O–H groups in total. The lowest BCUT2D eigenvalue weighted by Gasteiger charge is -2.48. The van der Waals surface area contributed by atoms with Crippen LogP contribution in [0.1, 0.15) is 0 Å². The zero-order chi connectivity index (χ0) is 20.5. The smallest absolute Gasteiger partial charge is 0.356 e. The highest BCUT2D eigenvalue weighted by molar-refractivity contribution is 8.00. The molecular weight excluding hydrogens is 412 g/mol. The van der Waals surface area contributed by atoms with Gasteiger partial charge in [0.25, 0.3) is 11.8 Å². The van der Waals surface area contributed by atoms with Crippen LogP contribution in [0.15, 0.2) is 41.8 Å². The zero-order valence-corrected chi connectivity index (χ0v) is 16.2. The molecule has 3 rings (SSSR count). The largest absolute Gasteiger partial charge is 0.484 e. The van der Waals surface area contributed by atoms with Gasteiger partial charge in [-0.05, 0) is 12.1 Å².